The Morgan fingerprint density at radius 2 is 0.557 bits per heavy atom. The fraction of sp³-hybridized carbons (Fsp3) is 0.493. The van der Waals surface area contributed by atoms with Gasteiger partial charge in [-0.1, -0.05) is 98.8 Å². The normalized spacial score (nSPS) is 11.6. The fourth-order valence-electron chi connectivity index (χ4n) is 10.6. The summed E-state index contributed by atoms with van der Waals surface area (Å²) in [6.45, 7) is 19.2. The highest BCUT2D eigenvalue weighted by Crippen LogP contribution is 2.42. The summed E-state index contributed by atoms with van der Waals surface area (Å²) in [6, 6.07) is 14.8. The molecule has 0 unspecified atom stereocenters. The Morgan fingerprint density at radius 3 is 0.750 bits per heavy atom. The van der Waals surface area contributed by atoms with E-state index in [9.17, 15) is 38.7 Å². The second kappa shape index (κ2) is 39.3. The predicted molar refractivity (Wildman–Crippen MR) is 342 cm³/mol. The van der Waals surface area contributed by atoms with Crippen LogP contribution in [0.2, 0.25) is 0 Å². The van der Waals surface area contributed by atoms with E-state index in [1.54, 1.807) is 0 Å². The molecular formula is C73H94O15. The summed E-state index contributed by atoms with van der Waals surface area (Å²) in [5, 5.41) is 10.2. The van der Waals surface area contributed by atoms with Gasteiger partial charge in [-0.3, -0.25) is 19.2 Å². The fourth-order valence-corrected chi connectivity index (χ4v) is 10.6. The van der Waals surface area contributed by atoms with Crippen molar-refractivity contribution in [2.24, 2.45) is 0 Å². The minimum atomic E-state index is -0.581. The lowest BCUT2D eigenvalue weighted by atomic mass is 9.86. The number of carbonyl (C=O) groups excluding carboxylic acids is 7. The van der Waals surface area contributed by atoms with Gasteiger partial charge in [0.05, 0.1) is 46.2 Å². The number of rotatable bonds is 42. The third-order valence-electron chi connectivity index (χ3n) is 15.2. The van der Waals surface area contributed by atoms with E-state index in [-0.39, 0.29) is 140 Å². The lowest BCUT2D eigenvalue weighted by molar-refractivity contribution is -0.138. The molecule has 476 valence electrons. The highest BCUT2D eigenvalue weighted by molar-refractivity contribution is 5.99. The number of ether oxygens (including phenoxy) is 7. The van der Waals surface area contributed by atoms with Crippen molar-refractivity contribution in [3.8, 4) is 23.0 Å². The van der Waals surface area contributed by atoms with Crippen LogP contribution in [-0.4, -0.2) is 99.0 Å². The molecule has 0 atom stereocenters. The molecular weight excluding hydrogens is 1120 g/mol. The molecule has 0 heterocycles. The van der Waals surface area contributed by atoms with Gasteiger partial charge < -0.3 is 38.3 Å². The number of aliphatic hydroxyl groups excluding tert-OH is 1. The van der Waals surface area contributed by atoms with Crippen molar-refractivity contribution in [3.63, 3.8) is 0 Å². The first-order chi connectivity index (χ1) is 42.7. The number of hydrogen-bond acceptors (Lipinski definition) is 15. The van der Waals surface area contributed by atoms with Gasteiger partial charge in [0.1, 0.15) is 23.0 Å². The molecule has 15 nitrogen and oxygen atoms in total. The van der Waals surface area contributed by atoms with E-state index in [1.165, 1.54) is 0 Å². The average Bonchev–Trinajstić information content (AvgIpc) is 1.13. The lowest BCUT2D eigenvalue weighted by Gasteiger charge is -2.25. The monoisotopic (exact) mass is 1210 g/mol. The quantitative estimate of drug-likeness (QED) is 0.0127. The summed E-state index contributed by atoms with van der Waals surface area (Å²) in [7, 11) is 0. The summed E-state index contributed by atoms with van der Waals surface area (Å²) in [4.78, 5) is 95.3. The summed E-state index contributed by atoms with van der Waals surface area (Å²) in [5.41, 5.74) is 6.53. The molecule has 0 radical (unpaired) electrons. The summed E-state index contributed by atoms with van der Waals surface area (Å²) in [5.74, 6) is -0.311. The molecule has 1 N–H and O–H groups in total. The van der Waals surface area contributed by atoms with Crippen molar-refractivity contribution in [1.29, 1.82) is 0 Å². The van der Waals surface area contributed by atoms with Crippen LogP contribution < -0.4 is 18.9 Å². The Labute approximate surface area is 521 Å². The number of unbranched alkanes of at least 4 members (excludes halogenated alkanes) is 8. The molecule has 0 spiro atoms. The van der Waals surface area contributed by atoms with Gasteiger partial charge in [0.2, 0.25) is 0 Å². The molecule has 0 aromatic heterocycles. The van der Waals surface area contributed by atoms with Crippen LogP contribution in [0.5, 0.6) is 23.0 Å². The highest BCUT2D eigenvalue weighted by atomic mass is 16.5. The van der Waals surface area contributed by atoms with E-state index in [2.05, 4.69) is 47.4 Å². The lowest BCUT2D eigenvalue weighted by Crippen LogP contribution is -2.15. The van der Waals surface area contributed by atoms with Crippen LogP contribution in [0.1, 0.15) is 242 Å². The molecule has 4 aromatic carbocycles. The topological polar surface area (TPSA) is 204 Å². The smallest absolute Gasteiger partial charge is 0.330 e. The van der Waals surface area contributed by atoms with Gasteiger partial charge >= 0.3 is 17.9 Å². The van der Waals surface area contributed by atoms with Gasteiger partial charge in [-0.25, -0.2) is 14.4 Å². The molecule has 0 amide bonds. The van der Waals surface area contributed by atoms with Gasteiger partial charge in [0.15, 0.2) is 23.1 Å². The van der Waals surface area contributed by atoms with Gasteiger partial charge in [0.25, 0.3) is 0 Å². The average molecular weight is 1210 g/mol. The number of benzene rings is 4. The van der Waals surface area contributed by atoms with Gasteiger partial charge in [-0.15, -0.1) is 0 Å². The first-order valence-electron chi connectivity index (χ1n) is 32.0. The van der Waals surface area contributed by atoms with Crippen LogP contribution in [-0.2, 0) is 54.3 Å². The van der Waals surface area contributed by atoms with Crippen LogP contribution >= 0.6 is 0 Å². The molecule has 88 heavy (non-hydrogen) atoms. The van der Waals surface area contributed by atoms with Gasteiger partial charge in [0, 0.05) is 124 Å². The number of Topliss-reactive ketones (excluding diaryl/α,β-unsaturated/α-hetero) is 4. The van der Waals surface area contributed by atoms with Crippen LogP contribution in [0, 0.1) is 0 Å². The van der Waals surface area contributed by atoms with Crippen LogP contribution in [0.25, 0.3) is 0 Å². The zero-order chi connectivity index (χ0) is 63.6. The van der Waals surface area contributed by atoms with E-state index in [1.807, 2.05) is 48.5 Å². The third-order valence-corrected chi connectivity index (χ3v) is 15.2. The van der Waals surface area contributed by atoms with Gasteiger partial charge in [-0.2, -0.15) is 0 Å². The Kier molecular flexibility index (Phi) is 31.7. The van der Waals surface area contributed by atoms with E-state index in [0.29, 0.717) is 128 Å². The first-order valence-corrected chi connectivity index (χ1v) is 32.0. The third kappa shape index (κ3) is 22.8. The number of hydrogen-bond donors (Lipinski definition) is 1. The maximum atomic E-state index is 14.7. The number of fused-ring (bicyclic) bond motifs is 8. The zero-order valence-electron chi connectivity index (χ0n) is 52.8. The summed E-state index contributed by atoms with van der Waals surface area (Å²) in [6.07, 6.45) is 15.6. The number of aliphatic hydroxyl groups is 1. The standard InChI is InChI=1S/C73H94O15/c1-8-15-19-27-63(75)51-39-55-47-57-41-52(64(76)28-20-16-9-2)43-59(71(57)86-36-24-33-82-67(79)12-5)49-61-45-54(66(78)30-22-18-11-4)46-62(73(61)88-38-26-35-84-69(81)14-7)50-60-44-53(65(77)29-21-17-10-3)42-58(48-56(40-51)70(55)85-32-23-31-74)72(60)87-37-25-34-83-68(80)13-6/h12-14,39-46,74H,5-11,15-38,47-50H2,1-4H3. The maximum Gasteiger partial charge on any atom is 0.330 e. The van der Waals surface area contributed by atoms with E-state index in [0.717, 1.165) is 69.6 Å². The SMILES string of the molecule is C=CC(=O)OCCCOc1c2cc(C(=O)CCCCC)cc1Cc1cc(C(=O)CCCCC)cc(c1OCCCOC(=O)C=C)Cc1cc(C(=O)CCCCC)cc(c1OCCCOC(=O)C=C)Cc1cc(C(=O)CCCCC)cc(c1OCCCO)C2. The first kappa shape index (κ1) is 71.1. The summed E-state index contributed by atoms with van der Waals surface area (Å²) >= 11 is 0. The number of carbonyl (C=O) groups is 7. The number of esters is 3. The van der Waals surface area contributed by atoms with Crippen molar-refractivity contribution < 1.29 is 71.8 Å². The Morgan fingerprint density at radius 1 is 0.341 bits per heavy atom. The van der Waals surface area contributed by atoms with Crippen LogP contribution in [0.15, 0.2) is 86.5 Å². The Hall–Kier alpha value is -7.65. The van der Waals surface area contributed by atoms with Crippen molar-refractivity contribution in [3.05, 3.63) is 153 Å². The van der Waals surface area contributed by atoms with Gasteiger partial charge in [-0.05, 0) is 119 Å². The molecule has 1 aliphatic carbocycles. The molecule has 5 rings (SSSR count). The van der Waals surface area contributed by atoms with E-state index < -0.39 is 17.9 Å². The zero-order valence-corrected chi connectivity index (χ0v) is 52.8. The molecule has 0 saturated heterocycles. The molecule has 1 aliphatic rings. The molecule has 15 heteroatoms. The minimum Gasteiger partial charge on any atom is -0.493 e. The molecule has 0 fully saturated rings. The number of ketones is 4. The Bertz CT molecular complexity index is 2870. The van der Waals surface area contributed by atoms with Crippen molar-refractivity contribution in [1.82, 2.24) is 0 Å². The largest absolute Gasteiger partial charge is 0.493 e. The second-order valence-electron chi connectivity index (χ2n) is 22.4. The van der Waals surface area contributed by atoms with Crippen LogP contribution in [0.3, 0.4) is 0 Å². The highest BCUT2D eigenvalue weighted by Gasteiger charge is 2.28. The van der Waals surface area contributed by atoms with E-state index >= 15 is 0 Å². The minimum absolute atomic E-state index is 0.0265. The Balaban J connectivity index is 1.99. The predicted octanol–water partition coefficient (Wildman–Crippen LogP) is 14.7. The van der Waals surface area contributed by atoms with Crippen molar-refractivity contribution >= 4 is 41.0 Å². The second-order valence-corrected chi connectivity index (χ2v) is 22.4. The molecule has 0 saturated carbocycles. The van der Waals surface area contributed by atoms with Crippen molar-refractivity contribution in [2.75, 3.05) is 52.9 Å². The van der Waals surface area contributed by atoms with E-state index in [4.69, 9.17) is 33.2 Å². The maximum absolute atomic E-state index is 14.7. The molecule has 4 aromatic rings. The molecule has 0 aliphatic heterocycles. The summed E-state index contributed by atoms with van der Waals surface area (Å²) < 4.78 is 43.6. The molecule has 8 bridgehead atoms. The van der Waals surface area contributed by atoms with Crippen LogP contribution in [0.4, 0.5) is 0 Å². The van der Waals surface area contributed by atoms with Crippen molar-refractivity contribution in [2.45, 2.75) is 182 Å².